The quantitative estimate of drug-likeness (QED) is 0.881. The molecule has 1 unspecified atom stereocenters. The third kappa shape index (κ3) is 3.64. The summed E-state index contributed by atoms with van der Waals surface area (Å²) in [6, 6.07) is 7.16. The average Bonchev–Trinajstić information content (AvgIpc) is 3.12. The Hall–Kier alpha value is -2.63. The summed E-state index contributed by atoms with van der Waals surface area (Å²) in [5.41, 5.74) is 0.487. The molecule has 6 nitrogen and oxygen atoms in total. The van der Waals surface area contributed by atoms with E-state index in [1.54, 1.807) is 25.5 Å². The number of carbonyl (C=O) groups is 1. The fraction of sp³-hybridized carbons (Fsp3) is 0.389. The molecule has 1 N–H and O–H groups in total. The minimum absolute atomic E-state index is 0.0156. The second-order valence-corrected chi connectivity index (χ2v) is 5.70. The predicted molar refractivity (Wildman–Crippen MR) is 87.9 cm³/mol. The van der Waals surface area contributed by atoms with Gasteiger partial charge < -0.3 is 23.9 Å². The summed E-state index contributed by atoms with van der Waals surface area (Å²) in [5, 5.41) is 2.98. The standard InChI is InChI=1S/C18H21NO5/c1-12(5-6-14-4-3-7-22-14)19-18(20)13-10-15(21-2)17-16(11-13)23-8-9-24-17/h3-4,7,10-12H,5-6,8-9H2,1-2H3,(H,19,20). The highest BCUT2D eigenvalue weighted by molar-refractivity contribution is 5.95. The lowest BCUT2D eigenvalue weighted by Crippen LogP contribution is -2.33. The number of benzene rings is 1. The Labute approximate surface area is 140 Å². The molecule has 0 spiro atoms. The summed E-state index contributed by atoms with van der Waals surface area (Å²) in [6.45, 7) is 2.90. The summed E-state index contributed by atoms with van der Waals surface area (Å²) in [7, 11) is 1.54. The van der Waals surface area contributed by atoms with Gasteiger partial charge in [-0.15, -0.1) is 0 Å². The molecule has 0 bridgehead atoms. The molecule has 128 valence electrons. The molecule has 0 saturated heterocycles. The van der Waals surface area contributed by atoms with Gasteiger partial charge in [0.25, 0.3) is 5.91 Å². The van der Waals surface area contributed by atoms with Crippen molar-refractivity contribution >= 4 is 5.91 Å². The van der Waals surface area contributed by atoms with E-state index in [2.05, 4.69) is 5.32 Å². The van der Waals surface area contributed by atoms with Gasteiger partial charge >= 0.3 is 0 Å². The van der Waals surface area contributed by atoms with Crippen LogP contribution in [0.25, 0.3) is 0 Å². The molecular weight excluding hydrogens is 310 g/mol. The summed E-state index contributed by atoms with van der Waals surface area (Å²) in [6.07, 6.45) is 3.22. The Balaban J connectivity index is 1.65. The van der Waals surface area contributed by atoms with Crippen LogP contribution in [0.4, 0.5) is 0 Å². The van der Waals surface area contributed by atoms with E-state index in [0.29, 0.717) is 36.0 Å². The van der Waals surface area contributed by atoms with E-state index >= 15 is 0 Å². The first kappa shape index (κ1) is 16.2. The molecule has 0 aliphatic carbocycles. The number of rotatable bonds is 6. The average molecular weight is 331 g/mol. The van der Waals surface area contributed by atoms with Crippen LogP contribution in [-0.2, 0) is 6.42 Å². The molecule has 6 heteroatoms. The summed E-state index contributed by atoms with van der Waals surface area (Å²) in [5.74, 6) is 2.33. The molecule has 1 aromatic heterocycles. The van der Waals surface area contributed by atoms with Crippen LogP contribution in [0.5, 0.6) is 17.2 Å². The first-order valence-electron chi connectivity index (χ1n) is 7.98. The normalized spacial score (nSPS) is 14.1. The summed E-state index contributed by atoms with van der Waals surface area (Å²) < 4.78 is 21.7. The molecule has 0 fully saturated rings. The van der Waals surface area contributed by atoms with Crippen molar-refractivity contribution in [3.8, 4) is 17.2 Å². The van der Waals surface area contributed by atoms with Crippen LogP contribution < -0.4 is 19.5 Å². The molecule has 1 amide bonds. The Morgan fingerprint density at radius 2 is 2.17 bits per heavy atom. The van der Waals surface area contributed by atoms with Gasteiger partial charge in [0.1, 0.15) is 19.0 Å². The van der Waals surface area contributed by atoms with Gasteiger partial charge in [0.05, 0.1) is 13.4 Å². The van der Waals surface area contributed by atoms with Crippen molar-refractivity contribution in [1.82, 2.24) is 5.32 Å². The fourth-order valence-corrected chi connectivity index (χ4v) is 2.60. The highest BCUT2D eigenvalue weighted by atomic mass is 16.6. The number of hydrogen-bond acceptors (Lipinski definition) is 5. The summed E-state index contributed by atoms with van der Waals surface area (Å²) >= 11 is 0. The number of nitrogens with one attached hydrogen (secondary N) is 1. The van der Waals surface area contributed by atoms with Gasteiger partial charge in [-0.3, -0.25) is 4.79 Å². The second kappa shape index (κ2) is 7.29. The van der Waals surface area contributed by atoms with Gasteiger partial charge in [0.15, 0.2) is 11.5 Å². The van der Waals surface area contributed by atoms with Crippen molar-refractivity contribution in [3.05, 3.63) is 41.9 Å². The van der Waals surface area contributed by atoms with E-state index in [1.165, 1.54) is 0 Å². The lowest BCUT2D eigenvalue weighted by atomic mass is 10.1. The highest BCUT2D eigenvalue weighted by Crippen LogP contribution is 2.40. The smallest absolute Gasteiger partial charge is 0.251 e. The van der Waals surface area contributed by atoms with E-state index in [0.717, 1.165) is 18.6 Å². The molecule has 2 heterocycles. The number of hydrogen-bond donors (Lipinski definition) is 1. The number of carbonyl (C=O) groups excluding carboxylic acids is 1. The van der Waals surface area contributed by atoms with Crippen LogP contribution in [0.15, 0.2) is 34.9 Å². The van der Waals surface area contributed by atoms with Crippen molar-refractivity contribution in [3.63, 3.8) is 0 Å². The van der Waals surface area contributed by atoms with Gasteiger partial charge in [0.2, 0.25) is 5.75 Å². The molecule has 0 radical (unpaired) electrons. The largest absolute Gasteiger partial charge is 0.493 e. The fourth-order valence-electron chi connectivity index (χ4n) is 2.60. The Morgan fingerprint density at radius 1 is 1.33 bits per heavy atom. The Kier molecular flexibility index (Phi) is 4.93. The van der Waals surface area contributed by atoms with Gasteiger partial charge in [0, 0.05) is 18.0 Å². The van der Waals surface area contributed by atoms with E-state index in [1.807, 2.05) is 19.1 Å². The molecule has 1 aliphatic rings. The van der Waals surface area contributed by atoms with Crippen LogP contribution in [-0.4, -0.2) is 32.3 Å². The van der Waals surface area contributed by atoms with Crippen molar-refractivity contribution in [2.24, 2.45) is 0 Å². The highest BCUT2D eigenvalue weighted by Gasteiger charge is 2.21. The molecule has 0 saturated carbocycles. The number of ether oxygens (including phenoxy) is 3. The zero-order chi connectivity index (χ0) is 16.9. The zero-order valence-electron chi connectivity index (χ0n) is 13.8. The second-order valence-electron chi connectivity index (χ2n) is 5.70. The molecule has 24 heavy (non-hydrogen) atoms. The minimum Gasteiger partial charge on any atom is -0.493 e. The van der Waals surface area contributed by atoms with Crippen LogP contribution in [0, 0.1) is 0 Å². The van der Waals surface area contributed by atoms with Crippen molar-refractivity contribution in [1.29, 1.82) is 0 Å². The van der Waals surface area contributed by atoms with Gasteiger partial charge in [-0.05, 0) is 37.6 Å². The SMILES string of the molecule is COc1cc(C(=O)NC(C)CCc2ccco2)cc2c1OCCO2. The van der Waals surface area contributed by atoms with Crippen LogP contribution >= 0.6 is 0 Å². The number of methoxy groups -OCH3 is 1. The van der Waals surface area contributed by atoms with Crippen LogP contribution in [0.3, 0.4) is 0 Å². The Bertz CT molecular complexity index is 678. The lowest BCUT2D eigenvalue weighted by molar-refractivity contribution is 0.0936. The van der Waals surface area contributed by atoms with E-state index in [4.69, 9.17) is 18.6 Å². The zero-order valence-corrected chi connectivity index (χ0v) is 13.8. The van der Waals surface area contributed by atoms with E-state index in [9.17, 15) is 4.79 Å². The van der Waals surface area contributed by atoms with E-state index in [-0.39, 0.29) is 11.9 Å². The monoisotopic (exact) mass is 331 g/mol. The van der Waals surface area contributed by atoms with E-state index < -0.39 is 0 Å². The molecule has 1 aliphatic heterocycles. The molecule has 2 aromatic rings. The maximum atomic E-state index is 12.5. The molecule has 1 aromatic carbocycles. The third-order valence-electron chi connectivity index (χ3n) is 3.87. The third-order valence-corrected chi connectivity index (χ3v) is 3.87. The van der Waals surface area contributed by atoms with Gasteiger partial charge in [-0.1, -0.05) is 0 Å². The van der Waals surface area contributed by atoms with Crippen molar-refractivity contribution in [2.75, 3.05) is 20.3 Å². The number of aryl methyl sites for hydroxylation is 1. The maximum Gasteiger partial charge on any atom is 0.251 e. The van der Waals surface area contributed by atoms with Crippen LogP contribution in [0.1, 0.15) is 29.5 Å². The number of amides is 1. The molecule has 3 rings (SSSR count). The van der Waals surface area contributed by atoms with Gasteiger partial charge in [-0.2, -0.15) is 0 Å². The topological polar surface area (TPSA) is 69.9 Å². The van der Waals surface area contributed by atoms with Crippen molar-refractivity contribution in [2.45, 2.75) is 25.8 Å². The number of furan rings is 1. The summed E-state index contributed by atoms with van der Waals surface area (Å²) in [4.78, 5) is 12.5. The predicted octanol–water partition coefficient (Wildman–Crippen LogP) is 2.81. The molecule has 1 atom stereocenters. The lowest BCUT2D eigenvalue weighted by Gasteiger charge is -2.21. The maximum absolute atomic E-state index is 12.5. The first-order valence-corrected chi connectivity index (χ1v) is 7.98. The Morgan fingerprint density at radius 3 is 2.92 bits per heavy atom. The van der Waals surface area contributed by atoms with Gasteiger partial charge in [-0.25, -0.2) is 0 Å². The van der Waals surface area contributed by atoms with Crippen LogP contribution in [0.2, 0.25) is 0 Å². The number of fused-ring (bicyclic) bond motifs is 1. The minimum atomic E-state index is -0.169. The first-order chi connectivity index (χ1) is 11.7. The van der Waals surface area contributed by atoms with Crippen molar-refractivity contribution < 1.29 is 23.4 Å². The molecular formula is C18H21NO5.